The van der Waals surface area contributed by atoms with E-state index in [4.69, 9.17) is 4.74 Å². The summed E-state index contributed by atoms with van der Waals surface area (Å²) in [7, 11) is 1.87. The minimum absolute atomic E-state index is 0.786. The number of hydrogen-bond donors (Lipinski definition) is 1. The molecule has 2 aliphatic rings. The molecule has 0 bridgehead atoms. The van der Waals surface area contributed by atoms with Crippen LogP contribution < -0.4 is 10.2 Å². The van der Waals surface area contributed by atoms with E-state index in [1.165, 1.54) is 22.4 Å². The van der Waals surface area contributed by atoms with Gasteiger partial charge >= 0.3 is 0 Å². The van der Waals surface area contributed by atoms with Crippen LogP contribution in [0.15, 0.2) is 53.5 Å². The number of anilines is 1. The molecule has 0 radical (unpaired) electrons. The van der Waals surface area contributed by atoms with E-state index in [1.54, 1.807) is 0 Å². The third-order valence-corrected chi connectivity index (χ3v) is 5.41. The lowest BCUT2D eigenvalue weighted by molar-refractivity contribution is 0.122. The predicted molar refractivity (Wildman–Crippen MR) is 110 cm³/mol. The number of benzene rings is 2. The number of fused-ring (bicyclic) bond motifs is 1. The molecule has 4 rings (SSSR count). The summed E-state index contributed by atoms with van der Waals surface area (Å²) in [6, 6.07) is 17.5. The molecule has 0 spiro atoms. The van der Waals surface area contributed by atoms with Crippen LogP contribution in [-0.2, 0) is 24.2 Å². The van der Waals surface area contributed by atoms with Gasteiger partial charge in [0.25, 0.3) is 0 Å². The molecule has 5 heteroatoms. The summed E-state index contributed by atoms with van der Waals surface area (Å²) in [6.07, 6.45) is 1.07. The fourth-order valence-corrected chi connectivity index (χ4v) is 3.84. The number of guanidine groups is 1. The number of nitrogens with one attached hydrogen (secondary N) is 1. The predicted octanol–water partition coefficient (Wildman–Crippen LogP) is 2.66. The van der Waals surface area contributed by atoms with Crippen LogP contribution >= 0.6 is 0 Å². The maximum atomic E-state index is 5.43. The van der Waals surface area contributed by atoms with Crippen LogP contribution in [0, 0.1) is 0 Å². The minimum atomic E-state index is 0.786. The number of ether oxygens (including phenoxy) is 1. The van der Waals surface area contributed by atoms with Crippen molar-refractivity contribution < 1.29 is 4.74 Å². The highest BCUT2D eigenvalue weighted by Crippen LogP contribution is 2.19. The molecule has 1 saturated heterocycles. The third-order valence-electron chi connectivity index (χ3n) is 5.41. The lowest BCUT2D eigenvalue weighted by Gasteiger charge is -2.31. The van der Waals surface area contributed by atoms with Crippen molar-refractivity contribution in [1.29, 1.82) is 0 Å². The Morgan fingerprint density at radius 3 is 2.48 bits per heavy atom. The van der Waals surface area contributed by atoms with Gasteiger partial charge in [0.05, 0.1) is 13.2 Å². The molecule has 1 fully saturated rings. The van der Waals surface area contributed by atoms with E-state index in [1.807, 2.05) is 7.05 Å². The molecule has 1 N–H and O–H groups in total. The zero-order valence-corrected chi connectivity index (χ0v) is 16.0. The van der Waals surface area contributed by atoms with Gasteiger partial charge in [0.15, 0.2) is 5.96 Å². The Bertz CT molecular complexity index is 781. The van der Waals surface area contributed by atoms with Crippen LogP contribution in [0.3, 0.4) is 0 Å². The first-order valence-corrected chi connectivity index (χ1v) is 9.77. The maximum Gasteiger partial charge on any atom is 0.194 e. The summed E-state index contributed by atoms with van der Waals surface area (Å²) < 4.78 is 5.43. The lowest BCUT2D eigenvalue weighted by Crippen LogP contribution is -2.43. The molecule has 142 valence electrons. The zero-order valence-electron chi connectivity index (χ0n) is 16.0. The first kappa shape index (κ1) is 17.9. The minimum Gasteiger partial charge on any atom is -0.378 e. The van der Waals surface area contributed by atoms with Gasteiger partial charge < -0.3 is 19.9 Å². The zero-order chi connectivity index (χ0) is 18.5. The van der Waals surface area contributed by atoms with Crippen LogP contribution in [0.2, 0.25) is 0 Å². The molecular weight excluding hydrogens is 336 g/mol. The van der Waals surface area contributed by atoms with Gasteiger partial charge in [-0.05, 0) is 35.2 Å². The van der Waals surface area contributed by atoms with Crippen LogP contribution in [0.5, 0.6) is 0 Å². The highest BCUT2D eigenvalue weighted by atomic mass is 16.5. The molecule has 0 aliphatic carbocycles. The Hall–Kier alpha value is -2.53. The molecule has 0 unspecified atom stereocenters. The molecular formula is C22H28N4O. The van der Waals surface area contributed by atoms with Gasteiger partial charge in [-0.15, -0.1) is 0 Å². The van der Waals surface area contributed by atoms with Crippen LogP contribution in [-0.4, -0.2) is 50.8 Å². The standard InChI is InChI=1S/C22H28N4O/c1-23-22(26-11-10-19-4-2-3-5-20(19)17-26)24-16-18-6-8-21(9-7-18)25-12-14-27-15-13-25/h2-9H,10-17H2,1H3,(H,23,24). The first-order valence-electron chi connectivity index (χ1n) is 9.77. The summed E-state index contributed by atoms with van der Waals surface area (Å²) in [5.41, 5.74) is 5.41. The summed E-state index contributed by atoms with van der Waals surface area (Å²) >= 11 is 0. The fraction of sp³-hybridized carbons (Fsp3) is 0.409. The Morgan fingerprint density at radius 1 is 1.00 bits per heavy atom. The van der Waals surface area contributed by atoms with Crippen molar-refractivity contribution in [1.82, 2.24) is 10.2 Å². The van der Waals surface area contributed by atoms with Crippen molar-refractivity contribution in [2.45, 2.75) is 19.5 Å². The van der Waals surface area contributed by atoms with Crippen LogP contribution in [0.25, 0.3) is 0 Å². The molecule has 0 atom stereocenters. The molecule has 2 aromatic carbocycles. The quantitative estimate of drug-likeness (QED) is 0.671. The monoisotopic (exact) mass is 364 g/mol. The highest BCUT2D eigenvalue weighted by molar-refractivity contribution is 5.80. The molecule has 2 aliphatic heterocycles. The number of hydrogen-bond acceptors (Lipinski definition) is 3. The topological polar surface area (TPSA) is 40.1 Å². The van der Waals surface area contributed by atoms with Crippen molar-refractivity contribution in [3.05, 3.63) is 65.2 Å². The van der Waals surface area contributed by atoms with E-state index in [0.29, 0.717) is 0 Å². The summed E-state index contributed by atoms with van der Waals surface area (Å²) in [5, 5.41) is 3.53. The van der Waals surface area contributed by atoms with E-state index in [0.717, 1.165) is 58.3 Å². The van der Waals surface area contributed by atoms with Crippen molar-refractivity contribution in [3.63, 3.8) is 0 Å². The van der Waals surface area contributed by atoms with Crippen molar-refractivity contribution in [3.8, 4) is 0 Å². The second-order valence-electron chi connectivity index (χ2n) is 7.11. The Morgan fingerprint density at radius 2 is 1.74 bits per heavy atom. The average molecular weight is 364 g/mol. The van der Waals surface area contributed by atoms with Gasteiger partial charge in [0.2, 0.25) is 0 Å². The number of aliphatic imine (C=N–C) groups is 1. The molecule has 27 heavy (non-hydrogen) atoms. The van der Waals surface area contributed by atoms with Gasteiger partial charge in [-0.25, -0.2) is 0 Å². The van der Waals surface area contributed by atoms with Gasteiger partial charge in [-0.1, -0.05) is 36.4 Å². The SMILES string of the molecule is CN=C(NCc1ccc(N2CCOCC2)cc1)N1CCc2ccccc2C1. The first-order chi connectivity index (χ1) is 13.3. The van der Waals surface area contributed by atoms with Gasteiger partial charge in [0, 0.05) is 45.5 Å². The van der Waals surface area contributed by atoms with E-state index >= 15 is 0 Å². The molecule has 0 saturated carbocycles. The van der Waals surface area contributed by atoms with E-state index in [-0.39, 0.29) is 0 Å². The number of rotatable bonds is 3. The fourth-order valence-electron chi connectivity index (χ4n) is 3.84. The maximum absolute atomic E-state index is 5.43. The summed E-state index contributed by atoms with van der Waals surface area (Å²) in [5.74, 6) is 0.974. The smallest absolute Gasteiger partial charge is 0.194 e. The van der Waals surface area contributed by atoms with Crippen molar-refractivity contribution in [2.24, 2.45) is 4.99 Å². The third kappa shape index (κ3) is 4.25. The molecule has 5 nitrogen and oxygen atoms in total. The molecule has 0 aromatic heterocycles. The van der Waals surface area contributed by atoms with Gasteiger partial charge in [0.1, 0.15) is 0 Å². The van der Waals surface area contributed by atoms with E-state index in [2.05, 4.69) is 68.6 Å². The summed E-state index contributed by atoms with van der Waals surface area (Å²) in [6.45, 7) is 6.30. The van der Waals surface area contributed by atoms with Crippen molar-refractivity contribution in [2.75, 3.05) is 44.8 Å². The van der Waals surface area contributed by atoms with Crippen LogP contribution in [0.4, 0.5) is 5.69 Å². The van der Waals surface area contributed by atoms with Gasteiger partial charge in [-0.3, -0.25) is 4.99 Å². The number of nitrogens with zero attached hydrogens (tertiary/aromatic N) is 3. The second-order valence-corrected chi connectivity index (χ2v) is 7.11. The second kappa shape index (κ2) is 8.44. The van der Waals surface area contributed by atoms with E-state index in [9.17, 15) is 0 Å². The molecule has 0 amide bonds. The molecule has 2 aromatic rings. The van der Waals surface area contributed by atoms with E-state index < -0.39 is 0 Å². The van der Waals surface area contributed by atoms with Crippen molar-refractivity contribution >= 4 is 11.6 Å². The average Bonchev–Trinajstić information content (AvgIpc) is 2.75. The van der Waals surface area contributed by atoms with Gasteiger partial charge in [-0.2, -0.15) is 0 Å². The van der Waals surface area contributed by atoms with Crippen LogP contribution in [0.1, 0.15) is 16.7 Å². The number of morpholine rings is 1. The Balaban J connectivity index is 1.34. The lowest BCUT2D eigenvalue weighted by atomic mass is 10.0. The Labute approximate surface area is 161 Å². The summed E-state index contributed by atoms with van der Waals surface area (Å²) in [4.78, 5) is 9.22. The molecule has 2 heterocycles. The Kier molecular flexibility index (Phi) is 5.58. The largest absolute Gasteiger partial charge is 0.378 e. The normalized spacial score (nSPS) is 17.6. The highest BCUT2D eigenvalue weighted by Gasteiger charge is 2.18.